The number of hydrogen-bond acceptors (Lipinski definition) is 3. The number of carbonyl (C=O) groups is 1. The molecule has 0 radical (unpaired) electrons. The van der Waals surface area contributed by atoms with E-state index in [1.165, 1.54) is 18.2 Å². The number of carbonyl (C=O) groups excluding carboxylic acids is 1. The largest absolute Gasteiger partial charge is 0.493 e. The molecular weight excluding hydrogens is 357 g/mol. The fourth-order valence-electron chi connectivity index (χ4n) is 3.85. The van der Waals surface area contributed by atoms with Crippen LogP contribution in [0.4, 0.5) is 4.39 Å². The molecule has 0 unspecified atom stereocenters. The number of nitrogens with one attached hydrogen (secondary N) is 1. The van der Waals surface area contributed by atoms with E-state index in [4.69, 9.17) is 9.47 Å². The molecule has 1 saturated carbocycles. The van der Waals surface area contributed by atoms with Crippen LogP contribution in [0.2, 0.25) is 0 Å². The molecule has 4 nitrogen and oxygen atoms in total. The van der Waals surface area contributed by atoms with Gasteiger partial charge in [-0.05, 0) is 54.3 Å². The van der Waals surface area contributed by atoms with Gasteiger partial charge in [0.05, 0.1) is 14.2 Å². The van der Waals surface area contributed by atoms with Crippen LogP contribution in [0.5, 0.6) is 11.5 Å². The Morgan fingerprint density at radius 2 is 1.75 bits per heavy atom. The van der Waals surface area contributed by atoms with Gasteiger partial charge in [-0.15, -0.1) is 0 Å². The van der Waals surface area contributed by atoms with Gasteiger partial charge in [-0.2, -0.15) is 0 Å². The van der Waals surface area contributed by atoms with Gasteiger partial charge >= 0.3 is 0 Å². The van der Waals surface area contributed by atoms with Crippen molar-refractivity contribution in [2.75, 3.05) is 20.8 Å². The van der Waals surface area contributed by atoms with Crippen LogP contribution in [-0.4, -0.2) is 26.7 Å². The highest BCUT2D eigenvalue weighted by atomic mass is 19.1. The maximum absolute atomic E-state index is 13.0. The first kappa shape index (κ1) is 19.9. The summed E-state index contributed by atoms with van der Waals surface area (Å²) < 4.78 is 23.8. The predicted octanol–water partition coefficient (Wildman–Crippen LogP) is 4.48. The Hall–Kier alpha value is -2.82. The van der Waals surface area contributed by atoms with Gasteiger partial charge < -0.3 is 14.8 Å². The molecule has 0 bridgehead atoms. The van der Waals surface area contributed by atoms with Crippen molar-refractivity contribution in [2.45, 2.75) is 31.1 Å². The zero-order valence-electron chi connectivity index (χ0n) is 16.3. The number of rotatable bonds is 7. The van der Waals surface area contributed by atoms with Crippen molar-refractivity contribution in [1.82, 2.24) is 5.32 Å². The van der Waals surface area contributed by atoms with Gasteiger partial charge in [-0.25, -0.2) is 4.39 Å². The van der Waals surface area contributed by atoms with Crippen LogP contribution < -0.4 is 14.8 Å². The molecule has 0 aliphatic heterocycles. The lowest BCUT2D eigenvalue weighted by atomic mass is 9.78. The molecule has 0 atom stereocenters. The van der Waals surface area contributed by atoms with E-state index in [2.05, 4.69) is 11.4 Å². The van der Waals surface area contributed by atoms with Crippen molar-refractivity contribution >= 4 is 12.0 Å². The Morgan fingerprint density at radius 1 is 1.07 bits per heavy atom. The molecule has 1 aliphatic carbocycles. The molecule has 28 heavy (non-hydrogen) atoms. The van der Waals surface area contributed by atoms with Crippen LogP contribution in [-0.2, 0) is 10.2 Å². The molecule has 0 saturated heterocycles. The van der Waals surface area contributed by atoms with Gasteiger partial charge in [0.15, 0.2) is 11.5 Å². The summed E-state index contributed by atoms with van der Waals surface area (Å²) in [4.78, 5) is 12.3. The quantitative estimate of drug-likeness (QED) is 0.717. The van der Waals surface area contributed by atoms with Crippen molar-refractivity contribution in [3.05, 3.63) is 65.5 Å². The molecule has 1 fully saturated rings. The first-order valence-corrected chi connectivity index (χ1v) is 9.50. The summed E-state index contributed by atoms with van der Waals surface area (Å²) in [5.74, 6) is 0.954. The fourth-order valence-corrected chi connectivity index (χ4v) is 3.85. The minimum Gasteiger partial charge on any atom is -0.493 e. The van der Waals surface area contributed by atoms with Gasteiger partial charge in [0.2, 0.25) is 5.91 Å². The van der Waals surface area contributed by atoms with Gasteiger partial charge in [0, 0.05) is 18.0 Å². The summed E-state index contributed by atoms with van der Waals surface area (Å²) in [5.41, 5.74) is 1.84. The van der Waals surface area contributed by atoms with E-state index in [0.29, 0.717) is 18.0 Å². The fraction of sp³-hybridized carbons (Fsp3) is 0.348. The van der Waals surface area contributed by atoms with E-state index >= 15 is 0 Å². The third-order valence-electron chi connectivity index (χ3n) is 5.45. The van der Waals surface area contributed by atoms with E-state index in [-0.39, 0.29) is 17.1 Å². The van der Waals surface area contributed by atoms with Crippen LogP contribution in [0.1, 0.15) is 36.8 Å². The first-order valence-electron chi connectivity index (χ1n) is 9.50. The normalized spacial score (nSPS) is 15.5. The number of hydrogen-bond donors (Lipinski definition) is 1. The second-order valence-corrected chi connectivity index (χ2v) is 7.16. The molecule has 0 aromatic heterocycles. The molecule has 0 spiro atoms. The Balaban J connectivity index is 1.70. The van der Waals surface area contributed by atoms with Gasteiger partial charge in [0.1, 0.15) is 5.82 Å². The lowest BCUT2D eigenvalue weighted by molar-refractivity contribution is -0.116. The highest BCUT2D eigenvalue weighted by Crippen LogP contribution is 2.43. The molecule has 1 N–H and O–H groups in total. The van der Waals surface area contributed by atoms with Gasteiger partial charge in [0.25, 0.3) is 0 Å². The van der Waals surface area contributed by atoms with Crippen LogP contribution in [0, 0.1) is 5.82 Å². The van der Waals surface area contributed by atoms with Crippen LogP contribution in [0.15, 0.2) is 48.5 Å². The van der Waals surface area contributed by atoms with E-state index in [1.807, 2.05) is 12.1 Å². The predicted molar refractivity (Wildman–Crippen MR) is 108 cm³/mol. The summed E-state index contributed by atoms with van der Waals surface area (Å²) in [7, 11) is 3.25. The van der Waals surface area contributed by atoms with E-state index in [1.54, 1.807) is 32.4 Å². The average molecular weight is 383 g/mol. The smallest absolute Gasteiger partial charge is 0.244 e. The molecular formula is C23H26FNO3. The molecule has 1 amide bonds. The van der Waals surface area contributed by atoms with Crippen LogP contribution in [0.3, 0.4) is 0 Å². The maximum Gasteiger partial charge on any atom is 0.244 e. The number of benzene rings is 2. The van der Waals surface area contributed by atoms with Crippen LogP contribution in [0.25, 0.3) is 6.08 Å². The Bertz CT molecular complexity index is 839. The minimum absolute atomic E-state index is 0.0983. The van der Waals surface area contributed by atoms with Crippen molar-refractivity contribution in [3.8, 4) is 11.5 Å². The number of ether oxygens (including phenoxy) is 2. The van der Waals surface area contributed by atoms with Gasteiger partial charge in [-0.1, -0.05) is 31.0 Å². The minimum atomic E-state index is -0.292. The van der Waals surface area contributed by atoms with Crippen molar-refractivity contribution in [1.29, 1.82) is 0 Å². The monoisotopic (exact) mass is 383 g/mol. The van der Waals surface area contributed by atoms with Crippen molar-refractivity contribution in [3.63, 3.8) is 0 Å². The van der Waals surface area contributed by atoms with Gasteiger partial charge in [-0.3, -0.25) is 4.79 Å². The number of amides is 1. The Kier molecular flexibility index (Phi) is 6.34. The highest BCUT2D eigenvalue weighted by molar-refractivity contribution is 5.91. The highest BCUT2D eigenvalue weighted by Gasteiger charge is 2.36. The molecule has 3 rings (SSSR count). The van der Waals surface area contributed by atoms with E-state index < -0.39 is 0 Å². The molecule has 148 valence electrons. The van der Waals surface area contributed by atoms with Crippen molar-refractivity contribution in [2.24, 2.45) is 0 Å². The number of methoxy groups -OCH3 is 2. The molecule has 2 aromatic rings. The maximum atomic E-state index is 13.0. The third-order valence-corrected chi connectivity index (χ3v) is 5.45. The first-order chi connectivity index (χ1) is 13.6. The van der Waals surface area contributed by atoms with Crippen LogP contribution >= 0.6 is 0 Å². The SMILES string of the molecule is COc1ccc(C2(CNC(=O)/C=C/c3ccc(F)cc3)CCCC2)cc1OC. The lowest BCUT2D eigenvalue weighted by Crippen LogP contribution is -2.38. The number of halogens is 1. The molecule has 0 heterocycles. The standard InChI is InChI=1S/C23H26FNO3/c1-27-20-11-8-18(15-21(20)28-2)23(13-3-4-14-23)16-25-22(26)12-7-17-5-9-19(24)10-6-17/h5-12,15H,3-4,13-14,16H2,1-2H3,(H,25,26)/b12-7+. The molecule has 1 aliphatic rings. The third kappa shape index (κ3) is 4.53. The Morgan fingerprint density at radius 3 is 2.39 bits per heavy atom. The zero-order valence-corrected chi connectivity index (χ0v) is 16.3. The Labute approximate surface area is 165 Å². The molecule has 2 aromatic carbocycles. The summed E-state index contributed by atoms with van der Waals surface area (Å²) >= 11 is 0. The summed E-state index contributed by atoms with van der Waals surface area (Å²) in [6.45, 7) is 0.565. The second kappa shape index (κ2) is 8.91. The second-order valence-electron chi connectivity index (χ2n) is 7.16. The molecule has 5 heteroatoms. The summed E-state index contributed by atoms with van der Waals surface area (Å²) in [6.07, 6.45) is 7.48. The topological polar surface area (TPSA) is 47.6 Å². The van der Waals surface area contributed by atoms with E-state index in [9.17, 15) is 9.18 Å². The van der Waals surface area contributed by atoms with Crippen molar-refractivity contribution < 1.29 is 18.7 Å². The summed E-state index contributed by atoms with van der Waals surface area (Å²) in [5, 5.41) is 3.04. The lowest BCUT2D eigenvalue weighted by Gasteiger charge is -2.30. The summed E-state index contributed by atoms with van der Waals surface area (Å²) in [6, 6.07) is 12.0. The average Bonchev–Trinajstić information content (AvgIpc) is 3.21. The zero-order chi connectivity index (χ0) is 20.0. The van der Waals surface area contributed by atoms with E-state index in [0.717, 1.165) is 36.8 Å².